The SMILES string of the molecule is CC(C)(C)c1ccnc(-n2c3ccccc3c3ccc(Oc4cccc(-n5cc(-c6ccccc6)cn5)c4)cc32)c1. The molecule has 0 aliphatic heterocycles. The van der Waals surface area contributed by atoms with Crippen LogP contribution in [0.2, 0.25) is 0 Å². The van der Waals surface area contributed by atoms with Gasteiger partial charge in [-0.05, 0) is 59.0 Å². The topological polar surface area (TPSA) is 44.9 Å². The molecule has 0 bridgehead atoms. The van der Waals surface area contributed by atoms with Crippen LogP contribution in [0.4, 0.5) is 0 Å². The highest BCUT2D eigenvalue weighted by Gasteiger charge is 2.18. The first-order valence-electron chi connectivity index (χ1n) is 13.8. The Morgan fingerprint density at radius 3 is 2.29 bits per heavy atom. The van der Waals surface area contributed by atoms with E-state index in [0.717, 1.165) is 50.6 Å². The van der Waals surface area contributed by atoms with Crippen LogP contribution in [0.3, 0.4) is 0 Å². The molecule has 0 spiro atoms. The largest absolute Gasteiger partial charge is 0.457 e. The Morgan fingerprint density at radius 1 is 0.659 bits per heavy atom. The molecule has 0 saturated carbocycles. The molecule has 0 aliphatic carbocycles. The number of nitrogens with zero attached hydrogens (tertiary/aromatic N) is 4. The van der Waals surface area contributed by atoms with E-state index in [1.54, 1.807) is 0 Å². The van der Waals surface area contributed by atoms with Gasteiger partial charge >= 0.3 is 0 Å². The molecule has 3 heterocycles. The number of benzene rings is 4. The van der Waals surface area contributed by atoms with Gasteiger partial charge in [0, 0.05) is 40.9 Å². The lowest BCUT2D eigenvalue weighted by atomic mass is 9.88. The number of hydrogen-bond donors (Lipinski definition) is 0. The molecule has 0 fully saturated rings. The lowest BCUT2D eigenvalue weighted by molar-refractivity contribution is 0.483. The average Bonchev–Trinajstić information content (AvgIpc) is 3.61. The average molecular weight is 535 g/mol. The summed E-state index contributed by atoms with van der Waals surface area (Å²) >= 11 is 0. The Morgan fingerprint density at radius 2 is 1.44 bits per heavy atom. The summed E-state index contributed by atoms with van der Waals surface area (Å²) in [4.78, 5) is 4.79. The highest BCUT2D eigenvalue weighted by molar-refractivity contribution is 6.09. The standard InChI is InChI=1S/C36H30N4O/c1-36(2,3)27-18-19-37-35(20-27)40-33-15-8-7-14-31(33)32-17-16-30(22-34(32)40)41-29-13-9-12-28(21-29)39-24-26(23-38-39)25-10-5-4-6-11-25/h4-24H,1-3H3. The summed E-state index contributed by atoms with van der Waals surface area (Å²) in [7, 11) is 0. The van der Waals surface area contributed by atoms with Crippen LogP contribution in [-0.4, -0.2) is 19.3 Å². The van der Waals surface area contributed by atoms with Crippen molar-refractivity contribution in [3.8, 4) is 34.1 Å². The van der Waals surface area contributed by atoms with Gasteiger partial charge in [-0.1, -0.05) is 75.4 Å². The highest BCUT2D eigenvalue weighted by atomic mass is 16.5. The second kappa shape index (κ2) is 9.79. The summed E-state index contributed by atoms with van der Waals surface area (Å²) < 4.78 is 10.5. The number of pyridine rings is 1. The second-order valence-electron chi connectivity index (χ2n) is 11.3. The third kappa shape index (κ3) is 4.66. The van der Waals surface area contributed by atoms with Gasteiger partial charge in [0.2, 0.25) is 0 Å². The van der Waals surface area contributed by atoms with Gasteiger partial charge in [-0.2, -0.15) is 5.10 Å². The molecule has 200 valence electrons. The van der Waals surface area contributed by atoms with Gasteiger partial charge in [-0.25, -0.2) is 9.67 Å². The van der Waals surface area contributed by atoms with Crippen LogP contribution >= 0.6 is 0 Å². The molecule has 5 heteroatoms. The molecule has 4 aromatic carbocycles. The van der Waals surface area contributed by atoms with Crippen molar-refractivity contribution in [2.24, 2.45) is 0 Å². The van der Waals surface area contributed by atoms with Crippen molar-refractivity contribution >= 4 is 21.8 Å². The van der Waals surface area contributed by atoms with Crippen LogP contribution in [0, 0.1) is 0 Å². The van der Waals surface area contributed by atoms with Gasteiger partial charge < -0.3 is 4.74 Å². The van der Waals surface area contributed by atoms with Crippen LogP contribution in [0.1, 0.15) is 26.3 Å². The summed E-state index contributed by atoms with van der Waals surface area (Å²) in [5, 5.41) is 6.95. The molecular weight excluding hydrogens is 504 g/mol. The van der Waals surface area contributed by atoms with E-state index in [2.05, 4.69) is 91.1 Å². The number of fused-ring (bicyclic) bond motifs is 3. The number of hydrogen-bond acceptors (Lipinski definition) is 3. The third-order valence-corrected chi connectivity index (χ3v) is 7.49. The molecule has 41 heavy (non-hydrogen) atoms. The van der Waals surface area contributed by atoms with Gasteiger partial charge in [-0.3, -0.25) is 4.57 Å². The molecule has 5 nitrogen and oxygen atoms in total. The zero-order valence-electron chi connectivity index (χ0n) is 23.3. The molecule has 0 aliphatic rings. The number of rotatable bonds is 5. The molecule has 0 N–H and O–H groups in total. The van der Waals surface area contributed by atoms with Crippen LogP contribution in [-0.2, 0) is 5.41 Å². The number of aromatic nitrogens is 4. The fourth-order valence-electron chi connectivity index (χ4n) is 5.34. The molecule has 0 saturated heterocycles. The monoisotopic (exact) mass is 534 g/mol. The lowest BCUT2D eigenvalue weighted by Crippen LogP contribution is -2.12. The Bertz CT molecular complexity index is 2010. The normalized spacial score (nSPS) is 11.8. The van der Waals surface area contributed by atoms with Crippen LogP contribution in [0.15, 0.2) is 128 Å². The van der Waals surface area contributed by atoms with Crippen molar-refractivity contribution < 1.29 is 4.74 Å². The van der Waals surface area contributed by atoms with E-state index in [-0.39, 0.29) is 5.41 Å². The minimum atomic E-state index is 0.0200. The molecule has 0 atom stereocenters. The maximum atomic E-state index is 6.43. The van der Waals surface area contributed by atoms with Crippen molar-refractivity contribution in [3.05, 3.63) is 133 Å². The molecular formula is C36H30N4O. The van der Waals surface area contributed by atoms with Gasteiger partial charge in [0.05, 0.1) is 22.9 Å². The Labute approximate surface area is 239 Å². The fraction of sp³-hybridized carbons (Fsp3) is 0.111. The van der Waals surface area contributed by atoms with Gasteiger partial charge in [0.1, 0.15) is 17.3 Å². The lowest BCUT2D eigenvalue weighted by Gasteiger charge is -2.20. The van der Waals surface area contributed by atoms with Gasteiger partial charge in [0.15, 0.2) is 0 Å². The summed E-state index contributed by atoms with van der Waals surface area (Å²) in [6.07, 6.45) is 5.83. The maximum Gasteiger partial charge on any atom is 0.137 e. The molecule has 3 aromatic heterocycles. The maximum absolute atomic E-state index is 6.43. The third-order valence-electron chi connectivity index (χ3n) is 7.49. The summed E-state index contributed by atoms with van der Waals surface area (Å²) in [5.74, 6) is 2.40. The van der Waals surface area contributed by atoms with E-state index in [9.17, 15) is 0 Å². The van der Waals surface area contributed by atoms with Crippen LogP contribution in [0.25, 0.3) is 44.4 Å². The van der Waals surface area contributed by atoms with E-state index < -0.39 is 0 Å². The van der Waals surface area contributed by atoms with E-state index in [0.29, 0.717) is 0 Å². The van der Waals surface area contributed by atoms with Crippen molar-refractivity contribution in [2.75, 3.05) is 0 Å². The molecule has 0 unspecified atom stereocenters. The summed E-state index contributed by atoms with van der Waals surface area (Å²) in [5.41, 5.74) is 6.57. The Hall–Kier alpha value is -5.16. The quantitative estimate of drug-likeness (QED) is 0.221. The van der Waals surface area contributed by atoms with Crippen molar-refractivity contribution in [1.82, 2.24) is 19.3 Å². The number of para-hydroxylation sites is 1. The minimum Gasteiger partial charge on any atom is -0.457 e. The van der Waals surface area contributed by atoms with E-state index in [1.807, 2.05) is 71.8 Å². The highest BCUT2D eigenvalue weighted by Crippen LogP contribution is 2.36. The van der Waals surface area contributed by atoms with Crippen molar-refractivity contribution in [3.63, 3.8) is 0 Å². The summed E-state index contributed by atoms with van der Waals surface area (Å²) in [6.45, 7) is 6.68. The fourth-order valence-corrected chi connectivity index (χ4v) is 5.34. The molecule has 7 rings (SSSR count). The molecule has 0 amide bonds. The van der Waals surface area contributed by atoms with E-state index in [4.69, 9.17) is 9.72 Å². The predicted molar refractivity (Wildman–Crippen MR) is 166 cm³/mol. The zero-order valence-corrected chi connectivity index (χ0v) is 23.3. The van der Waals surface area contributed by atoms with Crippen LogP contribution in [0.5, 0.6) is 11.5 Å². The minimum absolute atomic E-state index is 0.0200. The molecule has 0 radical (unpaired) electrons. The van der Waals surface area contributed by atoms with Gasteiger partial charge in [0.25, 0.3) is 0 Å². The van der Waals surface area contributed by atoms with Crippen LogP contribution < -0.4 is 4.74 Å². The Kier molecular flexibility index (Phi) is 5.93. The Balaban J connectivity index is 1.27. The number of ether oxygens (including phenoxy) is 1. The van der Waals surface area contributed by atoms with Crippen molar-refractivity contribution in [1.29, 1.82) is 0 Å². The molecule has 7 aromatic rings. The van der Waals surface area contributed by atoms with E-state index >= 15 is 0 Å². The first-order chi connectivity index (χ1) is 19.9. The summed E-state index contributed by atoms with van der Waals surface area (Å²) in [6, 6.07) is 37.3. The predicted octanol–water partition coefficient (Wildman–Crippen LogP) is 9.12. The van der Waals surface area contributed by atoms with Gasteiger partial charge in [-0.15, -0.1) is 0 Å². The zero-order chi connectivity index (χ0) is 28.0. The second-order valence-corrected chi connectivity index (χ2v) is 11.3. The first kappa shape index (κ1) is 24.9. The van der Waals surface area contributed by atoms with Crippen molar-refractivity contribution in [2.45, 2.75) is 26.2 Å². The first-order valence-corrected chi connectivity index (χ1v) is 13.8. The van der Waals surface area contributed by atoms with E-state index in [1.165, 1.54) is 10.9 Å². The smallest absolute Gasteiger partial charge is 0.137 e.